The van der Waals surface area contributed by atoms with E-state index in [1.54, 1.807) is 30.3 Å². The second-order valence-corrected chi connectivity index (χ2v) is 6.43. The first-order chi connectivity index (χ1) is 11.8. The number of hydrogen-bond acceptors (Lipinski definition) is 3. The summed E-state index contributed by atoms with van der Waals surface area (Å²) in [7, 11) is 1.53. The van der Waals surface area contributed by atoms with Crippen LogP contribution in [0.15, 0.2) is 42.5 Å². The summed E-state index contributed by atoms with van der Waals surface area (Å²) < 4.78 is 5.37. The van der Waals surface area contributed by atoms with Crippen LogP contribution in [0.1, 0.15) is 5.56 Å². The molecule has 0 fully saturated rings. The van der Waals surface area contributed by atoms with Crippen molar-refractivity contribution in [1.29, 1.82) is 0 Å². The first-order valence-corrected chi connectivity index (χ1v) is 8.28. The molecule has 0 radical (unpaired) electrons. The molecule has 0 atom stereocenters. The van der Waals surface area contributed by atoms with E-state index < -0.39 is 0 Å². The van der Waals surface area contributed by atoms with Crippen molar-refractivity contribution >= 4 is 40.7 Å². The van der Waals surface area contributed by atoms with Gasteiger partial charge in [0.1, 0.15) is 5.75 Å². The molecule has 0 aliphatic heterocycles. The Morgan fingerprint density at radius 3 is 2.28 bits per heavy atom. The zero-order valence-corrected chi connectivity index (χ0v) is 15.4. The van der Waals surface area contributed by atoms with E-state index in [9.17, 15) is 9.59 Å². The van der Waals surface area contributed by atoms with Gasteiger partial charge >= 0.3 is 0 Å². The van der Waals surface area contributed by atoms with Crippen LogP contribution in [0.4, 0.5) is 5.69 Å². The van der Waals surface area contributed by atoms with Gasteiger partial charge in [-0.15, -0.1) is 0 Å². The molecule has 2 aromatic rings. The first kappa shape index (κ1) is 19.1. The van der Waals surface area contributed by atoms with Gasteiger partial charge in [-0.25, -0.2) is 0 Å². The van der Waals surface area contributed by atoms with E-state index in [2.05, 4.69) is 5.32 Å². The molecule has 0 spiro atoms. The maximum atomic E-state index is 12.1. The lowest BCUT2D eigenvalue weighted by molar-refractivity contribution is -0.135. The van der Waals surface area contributed by atoms with Gasteiger partial charge in [0.05, 0.1) is 6.54 Å². The number of rotatable bonds is 6. The highest BCUT2D eigenvalue weighted by Crippen LogP contribution is 2.24. The Kier molecular flexibility index (Phi) is 6.67. The lowest BCUT2D eigenvalue weighted by Gasteiger charge is -2.17. The molecule has 0 aromatic heterocycles. The van der Waals surface area contributed by atoms with Crippen LogP contribution in [0.25, 0.3) is 0 Å². The molecule has 0 saturated heterocycles. The maximum absolute atomic E-state index is 12.1. The molecule has 0 aliphatic carbocycles. The van der Waals surface area contributed by atoms with Crippen LogP contribution in [-0.2, 0) is 9.59 Å². The quantitative estimate of drug-likeness (QED) is 0.829. The van der Waals surface area contributed by atoms with E-state index in [0.717, 1.165) is 5.56 Å². The Morgan fingerprint density at radius 1 is 1.08 bits per heavy atom. The minimum absolute atomic E-state index is 0.0770. The van der Waals surface area contributed by atoms with Crippen molar-refractivity contribution in [3.05, 3.63) is 58.1 Å². The summed E-state index contributed by atoms with van der Waals surface area (Å²) in [4.78, 5) is 25.4. The lowest BCUT2D eigenvalue weighted by atomic mass is 10.2. The van der Waals surface area contributed by atoms with Crippen molar-refractivity contribution in [1.82, 2.24) is 4.90 Å². The largest absolute Gasteiger partial charge is 0.484 e. The molecular formula is C18H18Cl2N2O3. The molecule has 2 aromatic carbocycles. The third kappa shape index (κ3) is 6.29. The molecule has 0 unspecified atom stereocenters. The lowest BCUT2D eigenvalue weighted by Crippen LogP contribution is -2.37. The number of benzene rings is 2. The Labute approximate surface area is 156 Å². The summed E-state index contributed by atoms with van der Waals surface area (Å²) in [6, 6.07) is 12.1. The Hall–Kier alpha value is -2.24. The second-order valence-electron chi connectivity index (χ2n) is 5.56. The van der Waals surface area contributed by atoms with Crippen molar-refractivity contribution in [2.45, 2.75) is 6.92 Å². The number of anilines is 1. The van der Waals surface area contributed by atoms with Gasteiger partial charge in [0.25, 0.3) is 5.91 Å². The molecule has 7 heteroatoms. The smallest absolute Gasteiger partial charge is 0.260 e. The zero-order chi connectivity index (χ0) is 18.4. The van der Waals surface area contributed by atoms with Crippen molar-refractivity contribution in [3.63, 3.8) is 0 Å². The topological polar surface area (TPSA) is 58.6 Å². The predicted octanol–water partition coefficient (Wildman–Crippen LogP) is 3.78. The third-order valence-corrected chi connectivity index (χ3v) is 3.78. The Balaban J connectivity index is 1.82. The number of aryl methyl sites for hydroxylation is 1. The number of ether oxygens (including phenoxy) is 1. The highest BCUT2D eigenvalue weighted by molar-refractivity contribution is 6.34. The minimum atomic E-state index is -0.338. The minimum Gasteiger partial charge on any atom is -0.484 e. The van der Waals surface area contributed by atoms with Crippen LogP contribution in [-0.4, -0.2) is 36.9 Å². The highest BCUT2D eigenvalue weighted by Gasteiger charge is 2.14. The van der Waals surface area contributed by atoms with E-state index >= 15 is 0 Å². The van der Waals surface area contributed by atoms with E-state index in [4.69, 9.17) is 27.9 Å². The van der Waals surface area contributed by atoms with E-state index in [1.807, 2.05) is 19.1 Å². The fraction of sp³-hybridized carbons (Fsp3) is 0.222. The Morgan fingerprint density at radius 2 is 1.68 bits per heavy atom. The van der Waals surface area contributed by atoms with Crippen LogP contribution in [0.3, 0.4) is 0 Å². The average Bonchev–Trinajstić information content (AvgIpc) is 2.53. The SMILES string of the molecule is Cc1ccc(NC(=O)CN(C)C(=O)COc2cc(Cl)cc(Cl)c2)cc1. The predicted molar refractivity (Wildman–Crippen MR) is 99.4 cm³/mol. The first-order valence-electron chi connectivity index (χ1n) is 7.53. The molecule has 0 saturated carbocycles. The number of likely N-dealkylation sites (N-methyl/N-ethyl adjacent to an activating group) is 1. The van der Waals surface area contributed by atoms with Gasteiger partial charge in [-0.05, 0) is 37.3 Å². The Bertz CT molecular complexity index is 743. The van der Waals surface area contributed by atoms with Crippen LogP contribution >= 0.6 is 23.2 Å². The van der Waals surface area contributed by atoms with Crippen molar-refractivity contribution in [3.8, 4) is 5.75 Å². The third-order valence-electron chi connectivity index (χ3n) is 3.34. The molecule has 2 rings (SSSR count). The molecule has 5 nitrogen and oxygen atoms in total. The number of amides is 2. The molecule has 0 bridgehead atoms. The van der Waals surface area contributed by atoms with Gasteiger partial charge in [0, 0.05) is 22.8 Å². The molecule has 0 heterocycles. The number of hydrogen-bond donors (Lipinski definition) is 1. The summed E-state index contributed by atoms with van der Waals surface area (Å²) in [6.07, 6.45) is 0. The van der Waals surface area contributed by atoms with Gasteiger partial charge in [-0.3, -0.25) is 9.59 Å². The van der Waals surface area contributed by atoms with Crippen LogP contribution in [0, 0.1) is 6.92 Å². The molecule has 0 aliphatic rings. The number of halogens is 2. The summed E-state index contributed by atoms with van der Waals surface area (Å²) >= 11 is 11.7. The normalized spacial score (nSPS) is 10.2. The fourth-order valence-electron chi connectivity index (χ4n) is 2.01. The maximum Gasteiger partial charge on any atom is 0.260 e. The zero-order valence-electron chi connectivity index (χ0n) is 13.9. The van der Waals surface area contributed by atoms with Gasteiger partial charge in [-0.1, -0.05) is 40.9 Å². The monoisotopic (exact) mass is 380 g/mol. The van der Waals surface area contributed by atoms with Gasteiger partial charge < -0.3 is 15.0 Å². The molecule has 25 heavy (non-hydrogen) atoms. The molecule has 2 amide bonds. The summed E-state index contributed by atoms with van der Waals surface area (Å²) in [5.41, 5.74) is 1.78. The van der Waals surface area contributed by atoms with Gasteiger partial charge in [0.15, 0.2) is 6.61 Å². The number of carbonyl (C=O) groups is 2. The van der Waals surface area contributed by atoms with Crippen molar-refractivity contribution in [2.75, 3.05) is 25.5 Å². The molecule has 132 valence electrons. The van der Waals surface area contributed by atoms with Gasteiger partial charge in [-0.2, -0.15) is 0 Å². The average molecular weight is 381 g/mol. The van der Waals surface area contributed by atoms with E-state index in [0.29, 0.717) is 21.5 Å². The molecule has 1 N–H and O–H groups in total. The summed E-state index contributed by atoms with van der Waals surface area (Å²) in [5, 5.41) is 3.57. The molecular weight excluding hydrogens is 363 g/mol. The van der Waals surface area contributed by atoms with E-state index in [1.165, 1.54) is 11.9 Å². The standard InChI is InChI=1S/C18H18Cl2N2O3/c1-12-3-5-15(6-4-12)21-17(23)10-22(2)18(24)11-25-16-8-13(19)7-14(20)9-16/h3-9H,10-11H2,1-2H3,(H,21,23). The second kappa shape index (κ2) is 8.74. The van der Waals surface area contributed by atoms with E-state index in [-0.39, 0.29) is 25.0 Å². The van der Waals surface area contributed by atoms with Crippen molar-refractivity contribution in [2.24, 2.45) is 0 Å². The number of carbonyl (C=O) groups excluding carboxylic acids is 2. The number of nitrogens with one attached hydrogen (secondary N) is 1. The highest BCUT2D eigenvalue weighted by atomic mass is 35.5. The van der Waals surface area contributed by atoms with Crippen LogP contribution in [0.2, 0.25) is 10.0 Å². The van der Waals surface area contributed by atoms with Crippen molar-refractivity contribution < 1.29 is 14.3 Å². The summed E-state index contributed by atoms with van der Waals surface area (Å²) in [6.45, 7) is 1.67. The van der Waals surface area contributed by atoms with Crippen LogP contribution in [0.5, 0.6) is 5.75 Å². The summed E-state index contributed by atoms with van der Waals surface area (Å²) in [5.74, 6) is -0.232. The van der Waals surface area contributed by atoms with Gasteiger partial charge in [0.2, 0.25) is 5.91 Å². The number of nitrogens with zero attached hydrogens (tertiary/aromatic N) is 1. The fourth-order valence-corrected chi connectivity index (χ4v) is 2.51. The van der Waals surface area contributed by atoms with Crippen LogP contribution < -0.4 is 10.1 Å².